The molecule has 0 saturated carbocycles. The van der Waals surface area contributed by atoms with Crippen LogP contribution >= 0.6 is 0 Å². The molecule has 0 atom stereocenters. The molecule has 24 heavy (non-hydrogen) atoms. The SMILES string of the molecule is CCc1nc2ccccc2n1CC(=O)Nc1c(C)cc(C)cc1C. The lowest BCUT2D eigenvalue weighted by atomic mass is 10.1. The smallest absolute Gasteiger partial charge is 0.244 e. The standard InChI is InChI=1S/C20H23N3O/c1-5-18-21-16-8-6-7-9-17(16)23(18)12-19(24)22-20-14(3)10-13(2)11-15(20)4/h6-11H,5,12H2,1-4H3,(H,22,24). The van der Waals surface area contributed by atoms with Gasteiger partial charge in [0.15, 0.2) is 0 Å². The minimum atomic E-state index is -0.0251. The Kier molecular flexibility index (Phi) is 4.38. The summed E-state index contributed by atoms with van der Waals surface area (Å²) >= 11 is 0. The number of fused-ring (bicyclic) bond motifs is 1. The first-order valence-corrected chi connectivity index (χ1v) is 8.31. The first-order chi connectivity index (χ1) is 11.5. The van der Waals surface area contributed by atoms with Crippen LogP contribution in [0.5, 0.6) is 0 Å². The van der Waals surface area contributed by atoms with E-state index < -0.39 is 0 Å². The minimum absolute atomic E-state index is 0.0251. The van der Waals surface area contributed by atoms with Gasteiger partial charge < -0.3 is 9.88 Å². The van der Waals surface area contributed by atoms with Crippen LogP contribution in [0.4, 0.5) is 5.69 Å². The lowest BCUT2D eigenvalue weighted by molar-refractivity contribution is -0.116. The van der Waals surface area contributed by atoms with E-state index in [1.165, 1.54) is 5.56 Å². The molecule has 2 aromatic carbocycles. The maximum Gasteiger partial charge on any atom is 0.244 e. The van der Waals surface area contributed by atoms with Crippen LogP contribution in [0.25, 0.3) is 11.0 Å². The van der Waals surface area contributed by atoms with Gasteiger partial charge in [0.2, 0.25) is 5.91 Å². The zero-order valence-electron chi connectivity index (χ0n) is 14.7. The summed E-state index contributed by atoms with van der Waals surface area (Å²) < 4.78 is 2.00. The number of carbonyl (C=O) groups excluding carboxylic acids is 1. The summed E-state index contributed by atoms with van der Waals surface area (Å²) in [6.07, 6.45) is 0.796. The molecule has 124 valence electrons. The molecule has 1 N–H and O–H groups in total. The molecule has 3 aromatic rings. The molecule has 0 unspecified atom stereocenters. The lowest BCUT2D eigenvalue weighted by Gasteiger charge is -2.14. The van der Waals surface area contributed by atoms with Crippen LogP contribution in [-0.2, 0) is 17.8 Å². The Balaban J connectivity index is 1.88. The van der Waals surface area contributed by atoms with Gasteiger partial charge in [0.1, 0.15) is 12.4 Å². The van der Waals surface area contributed by atoms with Gasteiger partial charge >= 0.3 is 0 Å². The van der Waals surface area contributed by atoms with Crippen molar-refractivity contribution in [1.82, 2.24) is 9.55 Å². The van der Waals surface area contributed by atoms with Gasteiger partial charge in [-0.3, -0.25) is 4.79 Å². The highest BCUT2D eigenvalue weighted by Crippen LogP contribution is 2.22. The molecule has 3 rings (SSSR count). The highest BCUT2D eigenvalue weighted by molar-refractivity contribution is 5.93. The Morgan fingerprint density at radius 3 is 2.46 bits per heavy atom. The molecule has 1 amide bonds. The molecule has 0 aliphatic heterocycles. The van der Waals surface area contributed by atoms with Crippen LogP contribution in [0, 0.1) is 20.8 Å². The second-order valence-electron chi connectivity index (χ2n) is 6.28. The van der Waals surface area contributed by atoms with Crippen molar-refractivity contribution in [2.75, 3.05) is 5.32 Å². The summed E-state index contributed by atoms with van der Waals surface area (Å²) in [5.41, 5.74) is 6.23. The third-order valence-corrected chi connectivity index (χ3v) is 4.29. The highest BCUT2D eigenvalue weighted by atomic mass is 16.1. The maximum absolute atomic E-state index is 12.6. The predicted molar refractivity (Wildman–Crippen MR) is 98.4 cm³/mol. The summed E-state index contributed by atoms with van der Waals surface area (Å²) in [5, 5.41) is 3.07. The molecule has 0 spiro atoms. The van der Waals surface area contributed by atoms with E-state index in [2.05, 4.69) is 36.3 Å². The number of rotatable bonds is 4. The zero-order chi connectivity index (χ0) is 17.3. The fourth-order valence-corrected chi connectivity index (χ4v) is 3.27. The van der Waals surface area contributed by atoms with E-state index in [0.717, 1.165) is 40.1 Å². The van der Waals surface area contributed by atoms with Gasteiger partial charge in [-0.2, -0.15) is 0 Å². The number of hydrogen-bond donors (Lipinski definition) is 1. The molecule has 0 aliphatic rings. The Hall–Kier alpha value is -2.62. The first kappa shape index (κ1) is 16.2. The summed E-state index contributed by atoms with van der Waals surface area (Å²) in [4.78, 5) is 17.2. The summed E-state index contributed by atoms with van der Waals surface area (Å²) in [6.45, 7) is 8.45. The highest BCUT2D eigenvalue weighted by Gasteiger charge is 2.14. The molecular formula is C20H23N3O. The van der Waals surface area contributed by atoms with Gasteiger partial charge in [-0.05, 0) is 44.0 Å². The van der Waals surface area contributed by atoms with E-state index in [1.807, 2.05) is 42.7 Å². The summed E-state index contributed by atoms with van der Waals surface area (Å²) in [5.74, 6) is 0.909. The number of aromatic nitrogens is 2. The third-order valence-electron chi connectivity index (χ3n) is 4.29. The van der Waals surface area contributed by atoms with Crippen molar-refractivity contribution < 1.29 is 4.79 Å². The normalized spacial score (nSPS) is 11.0. The van der Waals surface area contributed by atoms with Crippen LogP contribution < -0.4 is 5.32 Å². The number of amides is 1. The van der Waals surface area contributed by atoms with E-state index in [0.29, 0.717) is 0 Å². The van der Waals surface area contributed by atoms with Gasteiger partial charge in [0.05, 0.1) is 11.0 Å². The fraction of sp³-hybridized carbons (Fsp3) is 0.300. The van der Waals surface area contributed by atoms with Crippen molar-refractivity contribution in [1.29, 1.82) is 0 Å². The number of aryl methyl sites for hydroxylation is 4. The van der Waals surface area contributed by atoms with E-state index in [-0.39, 0.29) is 12.5 Å². The van der Waals surface area contributed by atoms with Crippen molar-refractivity contribution in [2.45, 2.75) is 40.7 Å². The minimum Gasteiger partial charge on any atom is -0.324 e. The van der Waals surface area contributed by atoms with Gasteiger partial charge in [-0.25, -0.2) is 4.98 Å². The number of hydrogen-bond acceptors (Lipinski definition) is 2. The number of nitrogens with zero attached hydrogens (tertiary/aromatic N) is 2. The average molecular weight is 321 g/mol. The summed E-state index contributed by atoms with van der Waals surface area (Å²) in [6, 6.07) is 12.1. The molecule has 0 aliphatic carbocycles. The van der Waals surface area contributed by atoms with Crippen LogP contribution in [0.2, 0.25) is 0 Å². The molecular weight excluding hydrogens is 298 g/mol. The molecule has 4 nitrogen and oxygen atoms in total. The number of carbonyl (C=O) groups is 1. The van der Waals surface area contributed by atoms with Crippen molar-refractivity contribution >= 4 is 22.6 Å². The van der Waals surface area contributed by atoms with Crippen LogP contribution in [0.1, 0.15) is 29.4 Å². The predicted octanol–water partition coefficient (Wildman–Crippen LogP) is 4.16. The van der Waals surface area contributed by atoms with E-state index in [1.54, 1.807) is 0 Å². The molecule has 1 heterocycles. The van der Waals surface area contributed by atoms with Gasteiger partial charge in [0, 0.05) is 12.1 Å². The Morgan fingerprint density at radius 1 is 1.12 bits per heavy atom. The number of nitrogens with one attached hydrogen (secondary N) is 1. The number of benzene rings is 2. The average Bonchev–Trinajstić information content (AvgIpc) is 2.89. The van der Waals surface area contributed by atoms with Crippen molar-refractivity contribution in [3.05, 3.63) is 58.9 Å². The van der Waals surface area contributed by atoms with Crippen LogP contribution in [-0.4, -0.2) is 15.5 Å². The Morgan fingerprint density at radius 2 is 1.79 bits per heavy atom. The molecule has 0 fully saturated rings. The number of para-hydroxylation sites is 2. The van der Waals surface area contributed by atoms with Crippen molar-refractivity contribution in [3.8, 4) is 0 Å². The van der Waals surface area contributed by atoms with Crippen LogP contribution in [0.3, 0.4) is 0 Å². The summed E-state index contributed by atoms with van der Waals surface area (Å²) in [7, 11) is 0. The quantitative estimate of drug-likeness (QED) is 0.784. The molecule has 4 heteroatoms. The monoisotopic (exact) mass is 321 g/mol. The van der Waals surface area contributed by atoms with E-state index in [9.17, 15) is 4.79 Å². The van der Waals surface area contributed by atoms with E-state index in [4.69, 9.17) is 0 Å². The molecule has 0 radical (unpaired) electrons. The second-order valence-corrected chi connectivity index (χ2v) is 6.28. The van der Waals surface area contributed by atoms with Crippen molar-refractivity contribution in [2.24, 2.45) is 0 Å². The fourth-order valence-electron chi connectivity index (χ4n) is 3.27. The third kappa shape index (κ3) is 3.04. The lowest BCUT2D eigenvalue weighted by Crippen LogP contribution is -2.21. The number of anilines is 1. The maximum atomic E-state index is 12.6. The second kappa shape index (κ2) is 6.48. The van der Waals surface area contributed by atoms with Crippen molar-refractivity contribution in [3.63, 3.8) is 0 Å². The largest absolute Gasteiger partial charge is 0.324 e. The van der Waals surface area contributed by atoms with Gasteiger partial charge in [0.25, 0.3) is 0 Å². The number of imidazole rings is 1. The molecule has 1 aromatic heterocycles. The topological polar surface area (TPSA) is 46.9 Å². The van der Waals surface area contributed by atoms with Gasteiger partial charge in [-0.15, -0.1) is 0 Å². The first-order valence-electron chi connectivity index (χ1n) is 8.31. The van der Waals surface area contributed by atoms with Crippen LogP contribution in [0.15, 0.2) is 36.4 Å². The van der Waals surface area contributed by atoms with Gasteiger partial charge in [-0.1, -0.05) is 36.8 Å². The Labute approximate surface area is 142 Å². The molecule has 0 bridgehead atoms. The Bertz CT molecular complexity index is 885. The zero-order valence-corrected chi connectivity index (χ0v) is 14.7. The van der Waals surface area contributed by atoms with E-state index >= 15 is 0 Å². The molecule has 0 saturated heterocycles.